The quantitative estimate of drug-likeness (QED) is 0.888. The van der Waals surface area contributed by atoms with E-state index in [1.807, 2.05) is 0 Å². The zero-order valence-electron chi connectivity index (χ0n) is 8.71. The maximum absolute atomic E-state index is 13.4. The normalized spacial score (nSPS) is 16.6. The van der Waals surface area contributed by atoms with E-state index in [1.54, 1.807) is 12.1 Å². The molecule has 0 bridgehead atoms. The molecule has 1 saturated heterocycles. The van der Waals surface area contributed by atoms with Crippen LogP contribution in [0.25, 0.3) is 0 Å². The zero-order valence-corrected chi connectivity index (χ0v) is 10.3. The lowest BCUT2D eigenvalue weighted by atomic mass is 10.1. The highest BCUT2D eigenvalue weighted by atomic mass is 35.5. The molecule has 1 fully saturated rings. The van der Waals surface area contributed by atoms with Gasteiger partial charge >= 0.3 is 0 Å². The molecule has 0 radical (unpaired) electrons. The smallest absolute Gasteiger partial charge is 0.166 e. The van der Waals surface area contributed by atoms with Gasteiger partial charge in [0.2, 0.25) is 0 Å². The highest BCUT2D eigenvalue weighted by Crippen LogP contribution is 2.23. The summed E-state index contributed by atoms with van der Waals surface area (Å²) >= 11 is 5.65. The van der Waals surface area contributed by atoms with Crippen LogP contribution >= 0.6 is 24.0 Å². The molecule has 0 aromatic heterocycles. The fourth-order valence-electron chi connectivity index (χ4n) is 1.66. The molecular weight excluding hydrogens is 252 g/mol. The Morgan fingerprint density at radius 1 is 1.31 bits per heavy atom. The van der Waals surface area contributed by atoms with Crippen LogP contribution in [0.2, 0.25) is 5.02 Å². The lowest BCUT2D eigenvalue weighted by Crippen LogP contribution is -2.34. The van der Waals surface area contributed by atoms with Crippen LogP contribution in [0.3, 0.4) is 0 Å². The number of nitrogens with one attached hydrogen (secondary N) is 1. The molecule has 0 atom stereocenters. The van der Waals surface area contributed by atoms with Crippen molar-refractivity contribution >= 4 is 24.0 Å². The molecule has 0 unspecified atom stereocenters. The third kappa shape index (κ3) is 3.51. The molecule has 0 spiro atoms. The van der Waals surface area contributed by atoms with Gasteiger partial charge in [0, 0.05) is 5.02 Å². The molecule has 1 aliphatic heterocycles. The van der Waals surface area contributed by atoms with Gasteiger partial charge in [-0.25, -0.2) is 4.39 Å². The van der Waals surface area contributed by atoms with Crippen LogP contribution in [-0.2, 0) is 0 Å². The van der Waals surface area contributed by atoms with E-state index >= 15 is 0 Å². The Hall–Kier alpha value is -0.510. The van der Waals surface area contributed by atoms with E-state index in [0.29, 0.717) is 10.8 Å². The number of halogens is 3. The lowest BCUT2D eigenvalue weighted by Gasteiger charge is -2.23. The van der Waals surface area contributed by atoms with Crippen molar-refractivity contribution in [2.24, 2.45) is 0 Å². The van der Waals surface area contributed by atoms with Gasteiger partial charge in [0.05, 0.1) is 0 Å². The largest absolute Gasteiger partial charge is 0.487 e. The van der Waals surface area contributed by atoms with Gasteiger partial charge in [0.25, 0.3) is 0 Å². The van der Waals surface area contributed by atoms with E-state index in [0.717, 1.165) is 25.9 Å². The Kier molecular flexibility index (Phi) is 5.32. The summed E-state index contributed by atoms with van der Waals surface area (Å²) in [7, 11) is 0. The SMILES string of the molecule is Cl.Fc1cc(Cl)ccc1OC1CCNCC1. The zero-order chi connectivity index (χ0) is 10.7. The van der Waals surface area contributed by atoms with Crippen LogP contribution in [0.15, 0.2) is 18.2 Å². The Morgan fingerprint density at radius 2 is 2.00 bits per heavy atom. The van der Waals surface area contributed by atoms with E-state index < -0.39 is 0 Å². The Morgan fingerprint density at radius 3 is 2.62 bits per heavy atom. The summed E-state index contributed by atoms with van der Waals surface area (Å²) in [4.78, 5) is 0. The fourth-order valence-corrected chi connectivity index (χ4v) is 1.82. The number of hydrogen-bond acceptors (Lipinski definition) is 2. The molecule has 2 rings (SSSR count). The van der Waals surface area contributed by atoms with Crippen molar-refractivity contribution in [3.63, 3.8) is 0 Å². The molecular formula is C11H14Cl2FNO. The minimum Gasteiger partial charge on any atom is -0.487 e. The summed E-state index contributed by atoms with van der Waals surface area (Å²) < 4.78 is 18.9. The molecule has 1 aromatic rings. The summed E-state index contributed by atoms with van der Waals surface area (Å²) in [6.07, 6.45) is 1.95. The molecule has 0 aliphatic carbocycles. The van der Waals surface area contributed by atoms with E-state index in [-0.39, 0.29) is 24.3 Å². The third-order valence-corrected chi connectivity index (χ3v) is 2.71. The number of hydrogen-bond donors (Lipinski definition) is 1. The van der Waals surface area contributed by atoms with Crippen molar-refractivity contribution in [3.05, 3.63) is 29.0 Å². The first-order valence-corrected chi connectivity index (χ1v) is 5.46. The van der Waals surface area contributed by atoms with Crippen molar-refractivity contribution in [1.82, 2.24) is 5.32 Å². The predicted octanol–water partition coefficient (Wildman–Crippen LogP) is 3.03. The van der Waals surface area contributed by atoms with Gasteiger partial charge < -0.3 is 10.1 Å². The monoisotopic (exact) mass is 265 g/mol. The Labute approximate surface area is 106 Å². The van der Waals surface area contributed by atoms with Crippen LogP contribution in [0.1, 0.15) is 12.8 Å². The highest BCUT2D eigenvalue weighted by molar-refractivity contribution is 6.30. The second-order valence-electron chi connectivity index (χ2n) is 3.64. The van der Waals surface area contributed by atoms with Crippen LogP contribution in [-0.4, -0.2) is 19.2 Å². The van der Waals surface area contributed by atoms with Gasteiger partial charge in [-0.3, -0.25) is 0 Å². The fraction of sp³-hybridized carbons (Fsp3) is 0.455. The van der Waals surface area contributed by atoms with Crippen molar-refractivity contribution in [2.45, 2.75) is 18.9 Å². The van der Waals surface area contributed by atoms with Crippen molar-refractivity contribution in [1.29, 1.82) is 0 Å². The maximum Gasteiger partial charge on any atom is 0.166 e. The minimum atomic E-state index is -0.388. The molecule has 16 heavy (non-hydrogen) atoms. The first-order chi connectivity index (χ1) is 7.25. The third-order valence-electron chi connectivity index (χ3n) is 2.47. The maximum atomic E-state index is 13.4. The molecule has 1 aliphatic rings. The van der Waals surface area contributed by atoms with Crippen molar-refractivity contribution in [3.8, 4) is 5.75 Å². The first kappa shape index (κ1) is 13.6. The van der Waals surface area contributed by atoms with Gasteiger partial charge in [0.15, 0.2) is 11.6 Å². The van der Waals surface area contributed by atoms with Gasteiger partial charge in [-0.05, 0) is 44.1 Å². The molecule has 1 N–H and O–H groups in total. The number of piperidine rings is 1. The van der Waals surface area contributed by atoms with Crippen LogP contribution in [0.4, 0.5) is 4.39 Å². The predicted molar refractivity (Wildman–Crippen MR) is 65.2 cm³/mol. The van der Waals surface area contributed by atoms with Crippen molar-refractivity contribution in [2.75, 3.05) is 13.1 Å². The summed E-state index contributed by atoms with van der Waals surface area (Å²) in [5.41, 5.74) is 0. The van der Waals surface area contributed by atoms with Crippen LogP contribution in [0, 0.1) is 5.82 Å². The summed E-state index contributed by atoms with van der Waals surface area (Å²) in [5, 5.41) is 3.62. The van der Waals surface area contributed by atoms with E-state index in [4.69, 9.17) is 16.3 Å². The molecule has 0 amide bonds. The lowest BCUT2D eigenvalue weighted by molar-refractivity contribution is 0.156. The number of benzene rings is 1. The van der Waals surface area contributed by atoms with E-state index in [9.17, 15) is 4.39 Å². The average Bonchev–Trinajstić information content (AvgIpc) is 2.24. The van der Waals surface area contributed by atoms with Crippen LogP contribution in [0.5, 0.6) is 5.75 Å². The molecule has 2 nitrogen and oxygen atoms in total. The van der Waals surface area contributed by atoms with Gasteiger partial charge in [-0.1, -0.05) is 11.6 Å². The number of rotatable bonds is 2. The van der Waals surface area contributed by atoms with Gasteiger partial charge in [0.1, 0.15) is 6.10 Å². The average molecular weight is 266 g/mol. The standard InChI is InChI=1S/C11H13ClFNO.ClH/c12-8-1-2-11(10(13)7-8)15-9-3-5-14-6-4-9;/h1-2,7,9,14H,3-6H2;1H. The molecule has 90 valence electrons. The Bertz CT molecular complexity index is 343. The molecule has 5 heteroatoms. The second-order valence-corrected chi connectivity index (χ2v) is 4.08. The minimum absolute atomic E-state index is 0. The summed E-state index contributed by atoms with van der Waals surface area (Å²) in [6, 6.07) is 4.50. The number of ether oxygens (including phenoxy) is 1. The molecule has 0 saturated carbocycles. The van der Waals surface area contributed by atoms with Crippen LogP contribution < -0.4 is 10.1 Å². The topological polar surface area (TPSA) is 21.3 Å². The Balaban J connectivity index is 0.00000128. The summed E-state index contributed by atoms with van der Waals surface area (Å²) in [6.45, 7) is 1.86. The van der Waals surface area contributed by atoms with Crippen molar-refractivity contribution < 1.29 is 9.13 Å². The van der Waals surface area contributed by atoms with E-state index in [2.05, 4.69) is 5.32 Å². The molecule has 1 aromatic carbocycles. The van der Waals surface area contributed by atoms with Gasteiger partial charge in [-0.2, -0.15) is 0 Å². The second kappa shape index (κ2) is 6.28. The first-order valence-electron chi connectivity index (χ1n) is 5.08. The van der Waals surface area contributed by atoms with Gasteiger partial charge in [-0.15, -0.1) is 12.4 Å². The highest BCUT2D eigenvalue weighted by Gasteiger charge is 2.16. The summed E-state index contributed by atoms with van der Waals surface area (Å²) in [5.74, 6) is -0.0904. The molecule has 1 heterocycles. The van der Waals surface area contributed by atoms with E-state index in [1.165, 1.54) is 6.07 Å².